The molecule has 0 aliphatic heterocycles. The van der Waals surface area contributed by atoms with Crippen LogP contribution in [-0.2, 0) is 9.59 Å². The molecule has 0 aliphatic carbocycles. The van der Waals surface area contributed by atoms with Gasteiger partial charge in [0.2, 0.25) is 5.91 Å². The largest absolute Gasteiger partial charge is 0.356 e. The number of ketones is 1. The smallest absolute Gasteiger partial charge is 0.220 e. The van der Waals surface area contributed by atoms with Crippen molar-refractivity contribution in [1.82, 2.24) is 5.32 Å². The molecular formula is C9H17NO2. The van der Waals surface area contributed by atoms with Crippen LogP contribution < -0.4 is 5.32 Å². The van der Waals surface area contributed by atoms with Crippen LogP contribution >= 0.6 is 0 Å². The molecule has 0 saturated heterocycles. The highest BCUT2D eigenvalue weighted by Crippen LogP contribution is 2.20. The maximum absolute atomic E-state index is 11.1. The van der Waals surface area contributed by atoms with Crippen molar-refractivity contribution >= 4 is 11.7 Å². The van der Waals surface area contributed by atoms with Crippen molar-refractivity contribution in [3.8, 4) is 0 Å². The number of Topliss-reactive ketones (excluding diaryl/α,β-unsaturated/α-hetero) is 1. The van der Waals surface area contributed by atoms with Gasteiger partial charge in [-0.1, -0.05) is 13.8 Å². The van der Waals surface area contributed by atoms with Crippen LogP contribution in [0.2, 0.25) is 0 Å². The number of rotatable bonds is 4. The molecule has 0 bridgehead atoms. The summed E-state index contributed by atoms with van der Waals surface area (Å²) in [6.45, 7) is 7.56. The zero-order valence-electron chi connectivity index (χ0n) is 8.23. The van der Waals surface area contributed by atoms with Gasteiger partial charge >= 0.3 is 0 Å². The Morgan fingerprint density at radius 3 is 2.17 bits per heavy atom. The SMILES string of the molecule is CCNC(=O)CC(C)(C)C(C)=O. The Labute approximate surface area is 73.5 Å². The van der Waals surface area contributed by atoms with Crippen molar-refractivity contribution in [1.29, 1.82) is 0 Å². The molecule has 0 aromatic heterocycles. The second-order valence-electron chi connectivity index (χ2n) is 3.57. The molecule has 1 amide bonds. The lowest BCUT2D eigenvalue weighted by Gasteiger charge is -2.19. The predicted octanol–water partition coefficient (Wildman–Crippen LogP) is 1.13. The lowest BCUT2D eigenvalue weighted by atomic mass is 9.85. The van der Waals surface area contributed by atoms with Gasteiger partial charge < -0.3 is 5.32 Å². The van der Waals surface area contributed by atoms with Crippen LogP contribution in [0.15, 0.2) is 0 Å². The Kier molecular flexibility index (Phi) is 3.93. The minimum absolute atomic E-state index is 0.0498. The highest BCUT2D eigenvalue weighted by atomic mass is 16.2. The predicted molar refractivity (Wildman–Crippen MR) is 47.8 cm³/mol. The summed E-state index contributed by atoms with van der Waals surface area (Å²) in [4.78, 5) is 22.1. The molecule has 70 valence electrons. The van der Waals surface area contributed by atoms with Gasteiger partial charge in [0.15, 0.2) is 0 Å². The maximum Gasteiger partial charge on any atom is 0.220 e. The minimum atomic E-state index is -0.529. The maximum atomic E-state index is 11.1. The van der Waals surface area contributed by atoms with E-state index in [9.17, 15) is 9.59 Å². The first-order chi connectivity index (χ1) is 5.40. The van der Waals surface area contributed by atoms with E-state index < -0.39 is 5.41 Å². The summed E-state index contributed by atoms with van der Waals surface area (Å²) in [5.41, 5.74) is -0.529. The second kappa shape index (κ2) is 4.24. The quantitative estimate of drug-likeness (QED) is 0.689. The summed E-state index contributed by atoms with van der Waals surface area (Å²) in [7, 11) is 0. The topological polar surface area (TPSA) is 46.2 Å². The van der Waals surface area contributed by atoms with Gasteiger partial charge in [0.05, 0.1) is 0 Å². The molecule has 0 aliphatic rings. The van der Waals surface area contributed by atoms with Crippen molar-refractivity contribution in [3.05, 3.63) is 0 Å². The lowest BCUT2D eigenvalue weighted by molar-refractivity contribution is -0.131. The van der Waals surface area contributed by atoms with Crippen LogP contribution in [0, 0.1) is 5.41 Å². The minimum Gasteiger partial charge on any atom is -0.356 e. The third-order valence-corrected chi connectivity index (χ3v) is 1.93. The van der Waals surface area contributed by atoms with Gasteiger partial charge in [0.25, 0.3) is 0 Å². The zero-order valence-corrected chi connectivity index (χ0v) is 8.23. The molecule has 0 fully saturated rings. The fourth-order valence-electron chi connectivity index (χ4n) is 0.786. The Morgan fingerprint density at radius 2 is 1.83 bits per heavy atom. The number of carbonyl (C=O) groups excluding carboxylic acids is 2. The molecular weight excluding hydrogens is 154 g/mol. The highest BCUT2D eigenvalue weighted by molar-refractivity contribution is 5.88. The molecule has 0 aromatic carbocycles. The summed E-state index contributed by atoms with van der Waals surface area (Å²) < 4.78 is 0. The van der Waals surface area contributed by atoms with Crippen molar-refractivity contribution in [2.75, 3.05) is 6.54 Å². The average molecular weight is 171 g/mol. The molecule has 3 nitrogen and oxygen atoms in total. The van der Waals surface area contributed by atoms with Gasteiger partial charge in [-0.25, -0.2) is 0 Å². The molecule has 0 radical (unpaired) electrons. The Hall–Kier alpha value is -0.860. The average Bonchev–Trinajstić information content (AvgIpc) is 1.85. The molecule has 0 saturated carbocycles. The van der Waals surface area contributed by atoms with Crippen LogP contribution in [0.5, 0.6) is 0 Å². The molecule has 0 heterocycles. The number of nitrogens with one attached hydrogen (secondary N) is 1. The van der Waals surface area contributed by atoms with E-state index in [0.717, 1.165) is 0 Å². The van der Waals surface area contributed by atoms with Gasteiger partial charge in [-0.3, -0.25) is 9.59 Å². The van der Waals surface area contributed by atoms with E-state index in [1.54, 1.807) is 13.8 Å². The number of carbonyl (C=O) groups is 2. The number of hydrogen-bond acceptors (Lipinski definition) is 2. The molecule has 0 aromatic rings. The van der Waals surface area contributed by atoms with Gasteiger partial charge in [-0.15, -0.1) is 0 Å². The van der Waals surface area contributed by atoms with Crippen molar-refractivity contribution in [2.45, 2.75) is 34.1 Å². The first-order valence-corrected chi connectivity index (χ1v) is 4.18. The van der Waals surface area contributed by atoms with Gasteiger partial charge in [-0.2, -0.15) is 0 Å². The molecule has 0 spiro atoms. The van der Waals surface area contributed by atoms with Crippen molar-refractivity contribution in [2.24, 2.45) is 5.41 Å². The van der Waals surface area contributed by atoms with E-state index in [1.165, 1.54) is 6.92 Å². The van der Waals surface area contributed by atoms with E-state index in [4.69, 9.17) is 0 Å². The molecule has 0 unspecified atom stereocenters. The Bertz CT molecular complexity index is 185. The Balaban J connectivity index is 4.06. The third-order valence-electron chi connectivity index (χ3n) is 1.93. The standard InChI is InChI=1S/C9H17NO2/c1-5-10-8(12)6-9(3,4)7(2)11/h5-6H2,1-4H3,(H,10,12). The van der Waals surface area contributed by atoms with E-state index in [-0.39, 0.29) is 18.1 Å². The van der Waals surface area contributed by atoms with Crippen LogP contribution in [0.25, 0.3) is 0 Å². The third kappa shape index (κ3) is 3.51. The summed E-state index contributed by atoms with van der Waals surface area (Å²) in [5.74, 6) is -0.00791. The fourth-order valence-corrected chi connectivity index (χ4v) is 0.786. The van der Waals surface area contributed by atoms with E-state index in [0.29, 0.717) is 6.54 Å². The van der Waals surface area contributed by atoms with Gasteiger partial charge in [-0.05, 0) is 13.8 Å². The number of hydrogen-bond donors (Lipinski definition) is 1. The first-order valence-electron chi connectivity index (χ1n) is 4.18. The highest BCUT2D eigenvalue weighted by Gasteiger charge is 2.26. The summed E-state index contributed by atoms with van der Waals surface area (Å²) in [6, 6.07) is 0. The van der Waals surface area contributed by atoms with E-state index in [1.807, 2.05) is 6.92 Å². The monoisotopic (exact) mass is 171 g/mol. The molecule has 0 atom stereocenters. The molecule has 1 N–H and O–H groups in total. The Morgan fingerprint density at radius 1 is 1.33 bits per heavy atom. The van der Waals surface area contributed by atoms with Crippen molar-refractivity contribution in [3.63, 3.8) is 0 Å². The van der Waals surface area contributed by atoms with Crippen molar-refractivity contribution < 1.29 is 9.59 Å². The number of amides is 1. The van der Waals surface area contributed by atoms with Crippen LogP contribution in [0.1, 0.15) is 34.1 Å². The second-order valence-corrected chi connectivity index (χ2v) is 3.57. The zero-order chi connectivity index (χ0) is 9.78. The van der Waals surface area contributed by atoms with Crippen LogP contribution in [0.3, 0.4) is 0 Å². The first kappa shape index (κ1) is 11.1. The van der Waals surface area contributed by atoms with E-state index >= 15 is 0 Å². The van der Waals surface area contributed by atoms with Crippen LogP contribution in [-0.4, -0.2) is 18.2 Å². The normalized spacial score (nSPS) is 11.0. The summed E-state index contributed by atoms with van der Waals surface area (Å²) in [5, 5.41) is 2.67. The lowest BCUT2D eigenvalue weighted by Crippen LogP contribution is -2.32. The molecule has 3 heteroatoms. The van der Waals surface area contributed by atoms with E-state index in [2.05, 4.69) is 5.32 Å². The fraction of sp³-hybridized carbons (Fsp3) is 0.778. The summed E-state index contributed by atoms with van der Waals surface area (Å²) in [6.07, 6.45) is 0.274. The van der Waals surface area contributed by atoms with Gasteiger partial charge in [0, 0.05) is 18.4 Å². The molecule has 12 heavy (non-hydrogen) atoms. The summed E-state index contributed by atoms with van der Waals surface area (Å²) >= 11 is 0. The van der Waals surface area contributed by atoms with Crippen LogP contribution in [0.4, 0.5) is 0 Å². The molecule has 0 rings (SSSR count). The van der Waals surface area contributed by atoms with Gasteiger partial charge in [0.1, 0.15) is 5.78 Å².